The van der Waals surface area contributed by atoms with Crippen molar-refractivity contribution in [2.75, 3.05) is 25.3 Å². The molecular weight excluding hydrogens is 330 g/mol. The largest absolute Gasteiger partial charge is 0.376 e. The number of rotatable bonds is 5. The number of H-pyrrole nitrogens is 1. The second kappa shape index (κ2) is 6.27. The molecule has 0 bridgehead atoms. The third kappa shape index (κ3) is 3.01. The third-order valence-corrected chi connectivity index (χ3v) is 5.01. The number of ketones is 1. The third-order valence-electron chi connectivity index (χ3n) is 3.89. The lowest BCUT2D eigenvalue weighted by Gasteiger charge is -2.21. The molecule has 0 aliphatic heterocycles. The van der Waals surface area contributed by atoms with Crippen molar-refractivity contribution >= 4 is 21.3 Å². The lowest BCUT2D eigenvalue weighted by atomic mass is 9.99. The Labute approximate surface area is 140 Å². The smallest absolute Gasteiger partial charge is 0.277 e. The highest BCUT2D eigenvalue weighted by molar-refractivity contribution is 7.90. The van der Waals surface area contributed by atoms with Crippen LogP contribution in [0.3, 0.4) is 0 Å². The minimum absolute atomic E-state index is 0.0387. The molecule has 0 aliphatic carbocycles. The van der Waals surface area contributed by atoms with Crippen molar-refractivity contribution in [2.24, 2.45) is 0 Å². The summed E-state index contributed by atoms with van der Waals surface area (Å²) in [5.41, 5.74) is 0.939. The molecule has 1 heterocycles. The van der Waals surface area contributed by atoms with E-state index in [-0.39, 0.29) is 16.0 Å². The molecule has 8 heteroatoms. The first kappa shape index (κ1) is 18.0. The van der Waals surface area contributed by atoms with E-state index in [4.69, 9.17) is 0 Å². The number of aryl methyl sites for hydroxylation is 1. The Bertz CT molecular complexity index is 952. The Kier molecular flexibility index (Phi) is 4.70. The number of carbonyl (C=O) groups excluding carboxylic acids is 1. The van der Waals surface area contributed by atoms with Crippen LogP contribution in [0.5, 0.6) is 0 Å². The van der Waals surface area contributed by atoms with Crippen molar-refractivity contribution in [3.05, 3.63) is 45.4 Å². The van der Waals surface area contributed by atoms with Crippen LogP contribution in [0.25, 0.3) is 0 Å². The average molecular weight is 351 g/mol. The van der Waals surface area contributed by atoms with Gasteiger partial charge in [0.25, 0.3) is 5.56 Å². The van der Waals surface area contributed by atoms with Gasteiger partial charge in [-0.3, -0.25) is 14.3 Å². The molecule has 0 saturated heterocycles. The summed E-state index contributed by atoms with van der Waals surface area (Å²) in [5, 5.41) is 2.74. The topological polar surface area (TPSA) is 92.2 Å². The van der Waals surface area contributed by atoms with Crippen molar-refractivity contribution in [3.8, 4) is 0 Å². The molecule has 0 radical (unpaired) electrons. The first-order valence-corrected chi connectivity index (χ1v) is 9.32. The minimum Gasteiger partial charge on any atom is -0.376 e. The quantitative estimate of drug-likeness (QED) is 0.817. The van der Waals surface area contributed by atoms with Crippen molar-refractivity contribution < 1.29 is 13.2 Å². The summed E-state index contributed by atoms with van der Waals surface area (Å²) < 4.78 is 25.3. The van der Waals surface area contributed by atoms with Crippen molar-refractivity contribution in [1.82, 2.24) is 9.78 Å². The van der Waals surface area contributed by atoms with E-state index in [1.807, 2.05) is 0 Å². The normalized spacial score (nSPS) is 11.5. The molecule has 1 aromatic heterocycles. The number of sulfone groups is 1. The van der Waals surface area contributed by atoms with Gasteiger partial charge in [-0.15, -0.1) is 0 Å². The van der Waals surface area contributed by atoms with Gasteiger partial charge in [0.1, 0.15) is 5.56 Å². The van der Waals surface area contributed by atoms with E-state index in [0.29, 0.717) is 23.4 Å². The summed E-state index contributed by atoms with van der Waals surface area (Å²) in [6.45, 7) is 3.91. The van der Waals surface area contributed by atoms with Gasteiger partial charge in [0.15, 0.2) is 9.84 Å². The van der Waals surface area contributed by atoms with Gasteiger partial charge < -0.3 is 10.00 Å². The highest BCUT2D eigenvalue weighted by atomic mass is 32.2. The highest BCUT2D eigenvalue weighted by Gasteiger charge is 2.24. The van der Waals surface area contributed by atoms with Crippen LogP contribution in [0, 0.1) is 6.92 Å². The Morgan fingerprint density at radius 2 is 1.88 bits per heavy atom. The second-order valence-electron chi connectivity index (χ2n) is 5.82. The van der Waals surface area contributed by atoms with Gasteiger partial charge in [-0.2, -0.15) is 0 Å². The summed E-state index contributed by atoms with van der Waals surface area (Å²) in [6.07, 6.45) is 2.51. The fourth-order valence-corrected chi connectivity index (χ4v) is 3.73. The second-order valence-corrected chi connectivity index (χ2v) is 7.80. The van der Waals surface area contributed by atoms with E-state index in [2.05, 4.69) is 5.10 Å². The van der Waals surface area contributed by atoms with Gasteiger partial charge in [0, 0.05) is 38.7 Å². The summed E-state index contributed by atoms with van der Waals surface area (Å²) in [5.74, 6) is -0.427. The van der Waals surface area contributed by atoms with Crippen LogP contribution >= 0.6 is 0 Å². The lowest BCUT2D eigenvalue weighted by molar-refractivity contribution is 0.103. The molecule has 1 N–H and O–H groups in total. The molecule has 2 rings (SSSR count). The zero-order chi connectivity index (χ0) is 18.2. The van der Waals surface area contributed by atoms with E-state index in [9.17, 15) is 18.0 Å². The maximum absolute atomic E-state index is 12.8. The monoisotopic (exact) mass is 351 g/mol. The lowest BCUT2D eigenvalue weighted by Crippen LogP contribution is -2.22. The molecule has 0 saturated carbocycles. The van der Waals surface area contributed by atoms with Crippen LogP contribution in [0.2, 0.25) is 0 Å². The maximum atomic E-state index is 12.8. The van der Waals surface area contributed by atoms with Crippen LogP contribution in [0.4, 0.5) is 5.69 Å². The number of aromatic nitrogens is 2. The van der Waals surface area contributed by atoms with E-state index >= 15 is 0 Å². The van der Waals surface area contributed by atoms with Gasteiger partial charge in [-0.25, -0.2) is 8.42 Å². The SMILES string of the molecule is CCn1[nH]cc(C(=O)c2ccc(S(C)(=O)=O)c(N(C)C)c2C)c1=O. The summed E-state index contributed by atoms with van der Waals surface area (Å²) >= 11 is 0. The Morgan fingerprint density at radius 1 is 1.25 bits per heavy atom. The minimum atomic E-state index is -3.44. The first-order valence-electron chi connectivity index (χ1n) is 7.43. The van der Waals surface area contributed by atoms with E-state index in [1.54, 1.807) is 32.8 Å². The molecule has 0 atom stereocenters. The van der Waals surface area contributed by atoms with Crippen molar-refractivity contribution in [3.63, 3.8) is 0 Å². The number of benzene rings is 1. The zero-order valence-electron chi connectivity index (χ0n) is 14.4. The zero-order valence-corrected chi connectivity index (χ0v) is 15.2. The number of anilines is 1. The number of carbonyl (C=O) groups is 1. The predicted molar refractivity (Wildman–Crippen MR) is 92.8 cm³/mol. The van der Waals surface area contributed by atoms with Gasteiger partial charge >= 0.3 is 0 Å². The molecule has 0 aliphatic rings. The molecular formula is C16H21N3O4S. The molecule has 0 fully saturated rings. The van der Waals surface area contributed by atoms with Crippen LogP contribution in [-0.4, -0.2) is 44.3 Å². The standard InChI is InChI=1S/C16H21N3O4S/c1-6-19-16(21)12(9-17-19)15(20)11-7-8-13(24(5,22)23)14(10(11)2)18(3)4/h7-9,17H,6H2,1-5H3. The molecule has 2 aromatic rings. The van der Waals surface area contributed by atoms with Crippen LogP contribution in [-0.2, 0) is 16.4 Å². The van der Waals surface area contributed by atoms with E-state index in [1.165, 1.54) is 23.0 Å². The molecule has 0 amide bonds. The fraction of sp³-hybridized carbons (Fsp3) is 0.375. The Hall–Kier alpha value is -2.35. The number of aromatic amines is 1. The number of nitrogens with zero attached hydrogens (tertiary/aromatic N) is 2. The Balaban J connectivity index is 2.68. The van der Waals surface area contributed by atoms with Gasteiger partial charge in [0.2, 0.25) is 5.78 Å². The average Bonchev–Trinajstić information content (AvgIpc) is 2.85. The Morgan fingerprint density at radius 3 is 2.33 bits per heavy atom. The summed E-state index contributed by atoms with van der Waals surface area (Å²) in [6, 6.07) is 2.87. The van der Waals surface area contributed by atoms with Crippen molar-refractivity contribution in [1.29, 1.82) is 0 Å². The van der Waals surface area contributed by atoms with Crippen LogP contribution in [0.1, 0.15) is 28.4 Å². The number of nitrogens with one attached hydrogen (secondary N) is 1. The highest BCUT2D eigenvalue weighted by Crippen LogP contribution is 2.31. The molecule has 130 valence electrons. The molecule has 24 heavy (non-hydrogen) atoms. The van der Waals surface area contributed by atoms with E-state index < -0.39 is 15.6 Å². The summed E-state index contributed by atoms with van der Waals surface area (Å²) in [7, 11) is -0.0132. The molecule has 1 aromatic carbocycles. The molecule has 0 unspecified atom stereocenters. The maximum Gasteiger partial charge on any atom is 0.277 e. The van der Waals surface area contributed by atoms with Crippen LogP contribution < -0.4 is 10.5 Å². The van der Waals surface area contributed by atoms with E-state index in [0.717, 1.165) is 6.26 Å². The predicted octanol–water partition coefficient (Wildman–Crippen LogP) is 1.21. The first-order chi connectivity index (χ1) is 11.1. The van der Waals surface area contributed by atoms with Gasteiger partial charge in [-0.05, 0) is 31.5 Å². The van der Waals surface area contributed by atoms with Gasteiger partial charge in [0.05, 0.1) is 10.6 Å². The fourth-order valence-electron chi connectivity index (χ4n) is 2.73. The molecule has 7 nitrogen and oxygen atoms in total. The summed E-state index contributed by atoms with van der Waals surface area (Å²) in [4.78, 5) is 26.7. The van der Waals surface area contributed by atoms with Crippen molar-refractivity contribution in [2.45, 2.75) is 25.3 Å². The van der Waals surface area contributed by atoms with Crippen LogP contribution in [0.15, 0.2) is 28.0 Å². The molecule has 0 spiro atoms. The number of hydrogen-bond donors (Lipinski definition) is 1. The van der Waals surface area contributed by atoms with Gasteiger partial charge in [-0.1, -0.05) is 0 Å². The number of hydrogen-bond acceptors (Lipinski definition) is 5.